The van der Waals surface area contributed by atoms with Gasteiger partial charge in [-0.3, -0.25) is 9.79 Å². The Hall–Kier alpha value is -3.70. The number of anilines is 2. The predicted molar refractivity (Wildman–Crippen MR) is 162 cm³/mol. The molecule has 1 aliphatic rings. The molecule has 1 aliphatic heterocycles. The zero-order valence-electron chi connectivity index (χ0n) is 24.7. The molecular weight excluding hydrogens is 546 g/mol. The molecule has 0 atom stereocenters. The Labute approximate surface area is 245 Å². The molecule has 0 radical (unpaired) electrons. The number of nitrogens with zero attached hydrogens (tertiary/aromatic N) is 5. The Kier molecular flexibility index (Phi) is 9.98. The van der Waals surface area contributed by atoms with Crippen LogP contribution in [0.2, 0.25) is 5.02 Å². The van der Waals surface area contributed by atoms with Gasteiger partial charge in [0.15, 0.2) is 5.65 Å². The minimum atomic E-state index is -1.28. The highest BCUT2D eigenvalue weighted by molar-refractivity contribution is 6.30. The third-order valence-corrected chi connectivity index (χ3v) is 6.44. The molecule has 222 valence electrons. The number of amides is 2. The van der Waals surface area contributed by atoms with E-state index >= 15 is 0 Å². The molecule has 3 aromatic rings. The molecule has 0 unspecified atom stereocenters. The zero-order chi connectivity index (χ0) is 30.5. The van der Waals surface area contributed by atoms with E-state index in [4.69, 9.17) is 27.1 Å². The lowest BCUT2D eigenvalue weighted by atomic mass is 9.94. The van der Waals surface area contributed by atoms with Crippen LogP contribution in [0, 0.1) is 0 Å². The fourth-order valence-electron chi connectivity index (χ4n) is 4.27. The summed E-state index contributed by atoms with van der Waals surface area (Å²) in [4.78, 5) is 36.1. The number of likely N-dealkylation sites (tertiary alicyclic amines) is 1. The number of rotatable bonds is 5. The average molecular weight is 586 g/mol. The molecule has 41 heavy (non-hydrogen) atoms. The number of halogens is 1. The summed E-state index contributed by atoms with van der Waals surface area (Å²) in [6.45, 7) is 13.9. The maximum atomic E-state index is 13.2. The van der Waals surface area contributed by atoms with Crippen molar-refractivity contribution in [3.8, 4) is 0 Å². The number of fused-ring (bicyclic) bond motifs is 1. The van der Waals surface area contributed by atoms with E-state index in [1.807, 2.05) is 34.6 Å². The van der Waals surface area contributed by atoms with Crippen molar-refractivity contribution in [2.45, 2.75) is 78.6 Å². The summed E-state index contributed by atoms with van der Waals surface area (Å²) in [6, 6.07) is 3.33. The van der Waals surface area contributed by atoms with Gasteiger partial charge in [0, 0.05) is 48.0 Å². The van der Waals surface area contributed by atoms with Crippen LogP contribution in [0.15, 0.2) is 35.7 Å². The fraction of sp³-hybridized carbons (Fsp3) is 0.483. The molecule has 12 heteroatoms. The normalized spacial score (nSPS) is 14.6. The van der Waals surface area contributed by atoms with Gasteiger partial charge >= 0.3 is 6.09 Å². The summed E-state index contributed by atoms with van der Waals surface area (Å²) in [7, 11) is 0. The largest absolute Gasteiger partial charge is 0.444 e. The molecule has 0 spiro atoms. The summed E-state index contributed by atoms with van der Waals surface area (Å²) in [5.41, 5.74) is 6.92. The maximum Gasteiger partial charge on any atom is 0.410 e. The lowest BCUT2D eigenvalue weighted by Crippen LogP contribution is -2.42. The first-order chi connectivity index (χ1) is 19.2. The number of hydrogen-bond donors (Lipinski definition) is 3. The monoisotopic (exact) mass is 585 g/mol. The quantitative estimate of drug-likeness (QED) is 0.272. The van der Waals surface area contributed by atoms with Crippen LogP contribution in [-0.4, -0.2) is 67.6 Å². The molecule has 0 aliphatic carbocycles. The van der Waals surface area contributed by atoms with Crippen LogP contribution in [-0.2, 0) is 10.3 Å². The lowest BCUT2D eigenvalue weighted by molar-refractivity contribution is 0.0207. The Morgan fingerprint density at radius 1 is 1.17 bits per heavy atom. The number of carbonyl (C=O) groups excluding carboxylic acids is 2. The highest BCUT2D eigenvalue weighted by Gasteiger charge is 2.27. The van der Waals surface area contributed by atoms with Crippen molar-refractivity contribution in [2.24, 2.45) is 4.99 Å². The lowest BCUT2D eigenvalue weighted by Gasteiger charge is -2.32. The van der Waals surface area contributed by atoms with Crippen molar-refractivity contribution in [3.63, 3.8) is 0 Å². The van der Waals surface area contributed by atoms with Crippen LogP contribution in [0.1, 0.15) is 82.8 Å². The number of nitrogen functional groups attached to an aromatic ring is 1. The van der Waals surface area contributed by atoms with E-state index in [9.17, 15) is 14.7 Å². The SMILES string of the molecule is CC.CC(C)(C)OC(=O)N1CCC(N=Cc2cc(NC(=O)c3cnn4cc(Cl)cnc34)c(C(C)(C)O)cc2N)CC1. The van der Waals surface area contributed by atoms with Gasteiger partial charge in [-0.25, -0.2) is 14.3 Å². The van der Waals surface area contributed by atoms with Crippen LogP contribution in [0.3, 0.4) is 0 Å². The van der Waals surface area contributed by atoms with E-state index in [2.05, 4.69) is 15.4 Å². The van der Waals surface area contributed by atoms with Gasteiger partial charge in [-0.1, -0.05) is 25.4 Å². The second-order valence-electron chi connectivity index (χ2n) is 11.1. The zero-order valence-corrected chi connectivity index (χ0v) is 25.5. The number of aliphatic imine (C=N–C) groups is 1. The van der Waals surface area contributed by atoms with Crippen molar-refractivity contribution < 1.29 is 19.4 Å². The minimum absolute atomic E-state index is 0.00627. The molecule has 1 fully saturated rings. The average Bonchev–Trinajstić information content (AvgIpc) is 3.31. The topological polar surface area (TPSA) is 147 Å². The number of aliphatic hydroxyl groups is 1. The van der Waals surface area contributed by atoms with Crippen molar-refractivity contribution in [1.29, 1.82) is 0 Å². The van der Waals surface area contributed by atoms with E-state index in [1.165, 1.54) is 16.9 Å². The molecule has 1 saturated heterocycles. The summed E-state index contributed by atoms with van der Waals surface area (Å²) < 4.78 is 6.88. The number of ether oxygens (including phenoxy) is 1. The smallest absolute Gasteiger partial charge is 0.410 e. The molecule has 1 aromatic carbocycles. The number of nitrogens with two attached hydrogens (primary N) is 1. The Bertz CT molecular complexity index is 1420. The molecule has 0 saturated carbocycles. The van der Waals surface area contributed by atoms with E-state index in [0.717, 1.165) is 0 Å². The van der Waals surface area contributed by atoms with E-state index in [1.54, 1.807) is 43.3 Å². The Morgan fingerprint density at radius 3 is 2.44 bits per heavy atom. The first-order valence-electron chi connectivity index (χ1n) is 13.7. The summed E-state index contributed by atoms with van der Waals surface area (Å²) in [5, 5.41) is 18.2. The number of carbonyl (C=O) groups is 2. The Morgan fingerprint density at radius 2 is 1.83 bits per heavy atom. The van der Waals surface area contributed by atoms with E-state index in [-0.39, 0.29) is 17.7 Å². The first-order valence-corrected chi connectivity index (χ1v) is 14.1. The molecular formula is C29H40ClN7O4. The molecule has 11 nitrogen and oxygen atoms in total. The van der Waals surface area contributed by atoms with Gasteiger partial charge in [-0.05, 0) is 59.6 Å². The van der Waals surface area contributed by atoms with Crippen molar-refractivity contribution in [3.05, 3.63) is 52.4 Å². The van der Waals surface area contributed by atoms with E-state index < -0.39 is 17.1 Å². The van der Waals surface area contributed by atoms with Crippen LogP contribution in [0.4, 0.5) is 16.2 Å². The fourth-order valence-corrected chi connectivity index (χ4v) is 4.41. The molecule has 4 N–H and O–H groups in total. The second-order valence-corrected chi connectivity index (χ2v) is 11.6. The Balaban J connectivity index is 0.00000226. The summed E-state index contributed by atoms with van der Waals surface area (Å²) in [6.07, 6.45) is 7.12. The summed E-state index contributed by atoms with van der Waals surface area (Å²) >= 11 is 5.97. The number of nitrogens with one attached hydrogen (secondary N) is 1. The van der Waals surface area contributed by atoms with Crippen molar-refractivity contribution >= 4 is 46.8 Å². The van der Waals surface area contributed by atoms with Gasteiger partial charge in [0.25, 0.3) is 5.91 Å². The predicted octanol–water partition coefficient (Wildman–Crippen LogP) is 5.29. The van der Waals surface area contributed by atoms with Crippen LogP contribution < -0.4 is 11.1 Å². The number of benzene rings is 1. The van der Waals surface area contributed by atoms with Gasteiger partial charge in [-0.2, -0.15) is 5.10 Å². The van der Waals surface area contributed by atoms with Gasteiger partial charge in [0.2, 0.25) is 0 Å². The first kappa shape index (κ1) is 31.8. The van der Waals surface area contributed by atoms with Gasteiger partial charge in [0.1, 0.15) is 11.2 Å². The van der Waals surface area contributed by atoms with Crippen molar-refractivity contribution in [1.82, 2.24) is 19.5 Å². The van der Waals surface area contributed by atoms with Crippen LogP contribution in [0.5, 0.6) is 0 Å². The molecule has 3 heterocycles. The molecule has 0 bridgehead atoms. The van der Waals surface area contributed by atoms with Crippen LogP contribution >= 0.6 is 11.6 Å². The second kappa shape index (κ2) is 12.9. The number of hydrogen-bond acceptors (Lipinski definition) is 8. The van der Waals surface area contributed by atoms with Gasteiger partial charge in [0.05, 0.1) is 29.1 Å². The minimum Gasteiger partial charge on any atom is -0.444 e. The van der Waals surface area contributed by atoms with Gasteiger partial charge in [-0.15, -0.1) is 0 Å². The standard InChI is InChI=1S/C27H34ClN7O4.C2H6/c1-26(2,3)39-25(37)34-8-6-18(7-9-34)30-12-16-10-22(20(11-21(16)29)27(4,5)38)33-24(36)19-14-32-35-15-17(28)13-31-23(19)35;1-2/h10-15,18,38H,6-9,29H2,1-5H3,(H,33,36);1-2H3. The van der Waals surface area contributed by atoms with Crippen molar-refractivity contribution in [2.75, 3.05) is 24.1 Å². The molecule has 4 rings (SSSR count). The molecule has 2 aromatic heterocycles. The third-order valence-electron chi connectivity index (χ3n) is 6.24. The highest BCUT2D eigenvalue weighted by Crippen LogP contribution is 2.32. The number of piperidine rings is 1. The van der Waals surface area contributed by atoms with E-state index in [0.29, 0.717) is 59.1 Å². The van der Waals surface area contributed by atoms with Crippen LogP contribution in [0.25, 0.3) is 5.65 Å². The number of aromatic nitrogens is 3. The molecule has 2 amide bonds. The third kappa shape index (κ3) is 8.17. The van der Waals surface area contributed by atoms with Gasteiger partial charge < -0.3 is 25.8 Å². The maximum absolute atomic E-state index is 13.2. The highest BCUT2D eigenvalue weighted by atomic mass is 35.5. The summed E-state index contributed by atoms with van der Waals surface area (Å²) in [5.74, 6) is -0.451.